The second-order valence-electron chi connectivity index (χ2n) is 9.30. The lowest BCUT2D eigenvalue weighted by Gasteiger charge is -2.30. The summed E-state index contributed by atoms with van der Waals surface area (Å²) in [5, 5.41) is 24.4. The van der Waals surface area contributed by atoms with Crippen LogP contribution in [0.4, 0.5) is 0 Å². The van der Waals surface area contributed by atoms with Crippen LogP contribution in [-0.2, 0) is 22.5 Å². The van der Waals surface area contributed by atoms with Gasteiger partial charge in [-0.1, -0.05) is 41.4 Å². The lowest BCUT2D eigenvalue weighted by molar-refractivity contribution is -0.138. The fraction of sp³-hybridized carbons (Fsp3) is 0.321. The van der Waals surface area contributed by atoms with Crippen LogP contribution >= 0.6 is 23.2 Å². The number of carboxylic acids is 1. The van der Waals surface area contributed by atoms with Crippen LogP contribution in [0.1, 0.15) is 44.9 Å². The van der Waals surface area contributed by atoms with Gasteiger partial charge in [-0.2, -0.15) is 5.26 Å². The standard InChI is InChI=1S/C28H27Cl2N5O6/c1-40-10-4-7-23(33-15-31)32-13-20(28(38)39)34-26(36)24-19(29)11-17-14-35(9-8-18(17)25(24)30)27(37)22-12-16-5-2-3-6-21(16)41-22/h2-3,5-6,11-12,20H,4,7-10,13-14H2,1H3,(H,32,33)(H,34,36)(H,38,39)/t20-/m0/s1. The van der Waals surface area contributed by atoms with E-state index in [1.807, 2.05) is 18.2 Å². The van der Waals surface area contributed by atoms with Crippen molar-refractivity contribution in [1.82, 2.24) is 15.5 Å². The summed E-state index contributed by atoms with van der Waals surface area (Å²) in [6.45, 7) is 0.649. The molecule has 11 nitrogen and oxygen atoms in total. The van der Waals surface area contributed by atoms with Gasteiger partial charge in [0.15, 0.2) is 12.0 Å². The Morgan fingerprint density at radius 3 is 2.76 bits per heavy atom. The van der Waals surface area contributed by atoms with Crippen molar-refractivity contribution in [2.75, 3.05) is 26.8 Å². The molecular formula is C28H27Cl2N5O6. The van der Waals surface area contributed by atoms with E-state index in [0.717, 1.165) is 5.39 Å². The quantitative estimate of drug-likeness (QED) is 0.104. The van der Waals surface area contributed by atoms with Gasteiger partial charge >= 0.3 is 5.97 Å². The number of nitriles is 1. The molecule has 1 aliphatic rings. The minimum atomic E-state index is -1.40. The highest BCUT2D eigenvalue weighted by Crippen LogP contribution is 2.35. The van der Waals surface area contributed by atoms with Gasteiger partial charge in [0.05, 0.1) is 22.2 Å². The molecule has 0 spiro atoms. The maximum Gasteiger partial charge on any atom is 0.328 e. The number of carbonyl (C=O) groups is 3. The number of nitrogens with zero attached hydrogens (tertiary/aromatic N) is 3. The number of amides is 2. The summed E-state index contributed by atoms with van der Waals surface area (Å²) in [6, 6.07) is 9.20. The molecule has 214 valence electrons. The monoisotopic (exact) mass is 599 g/mol. The molecule has 0 fully saturated rings. The molecule has 41 heavy (non-hydrogen) atoms. The summed E-state index contributed by atoms with van der Waals surface area (Å²) in [5.74, 6) is -1.88. The molecule has 3 N–H and O–H groups in total. The molecular weight excluding hydrogens is 573 g/mol. The molecule has 0 saturated carbocycles. The number of hydrogen-bond donors (Lipinski definition) is 3. The summed E-state index contributed by atoms with van der Waals surface area (Å²) in [4.78, 5) is 43.9. The Bertz CT molecular complexity index is 1510. The van der Waals surface area contributed by atoms with Crippen LogP contribution in [0.25, 0.3) is 11.0 Å². The molecule has 0 radical (unpaired) electrons. The van der Waals surface area contributed by atoms with E-state index in [2.05, 4.69) is 15.6 Å². The fourth-order valence-corrected chi connectivity index (χ4v) is 5.29. The number of aliphatic imine (C=N–C) groups is 1. The number of hydrogen-bond acceptors (Lipinski definition) is 7. The highest BCUT2D eigenvalue weighted by Gasteiger charge is 2.30. The van der Waals surface area contributed by atoms with Crippen molar-refractivity contribution in [1.29, 1.82) is 5.26 Å². The number of amidine groups is 1. The number of carbonyl (C=O) groups excluding carboxylic acids is 2. The number of nitrogens with one attached hydrogen (secondary N) is 2. The van der Waals surface area contributed by atoms with Crippen LogP contribution in [0.3, 0.4) is 0 Å². The molecule has 1 atom stereocenters. The lowest BCUT2D eigenvalue weighted by atomic mass is 9.96. The largest absolute Gasteiger partial charge is 0.480 e. The molecule has 13 heteroatoms. The summed E-state index contributed by atoms with van der Waals surface area (Å²) in [6.07, 6.45) is 3.04. The van der Waals surface area contributed by atoms with E-state index >= 15 is 0 Å². The number of rotatable bonds is 10. The highest BCUT2D eigenvalue weighted by atomic mass is 35.5. The Morgan fingerprint density at radius 1 is 1.27 bits per heavy atom. The Kier molecular flexibility index (Phi) is 9.83. The molecule has 4 rings (SSSR count). The summed E-state index contributed by atoms with van der Waals surface area (Å²) < 4.78 is 10.7. The number of halogens is 2. The van der Waals surface area contributed by atoms with E-state index in [9.17, 15) is 19.5 Å². The maximum absolute atomic E-state index is 13.2. The van der Waals surface area contributed by atoms with Gasteiger partial charge in [-0.25, -0.2) is 4.79 Å². The first-order chi connectivity index (χ1) is 19.7. The average Bonchev–Trinajstić information content (AvgIpc) is 3.39. The predicted octanol–water partition coefficient (Wildman–Crippen LogP) is 4.02. The molecule has 2 aromatic carbocycles. The normalized spacial score (nSPS) is 13.8. The van der Waals surface area contributed by atoms with Crippen molar-refractivity contribution in [2.45, 2.75) is 31.8 Å². The van der Waals surface area contributed by atoms with Crippen molar-refractivity contribution in [2.24, 2.45) is 4.99 Å². The highest BCUT2D eigenvalue weighted by molar-refractivity contribution is 6.40. The Hall–Kier alpha value is -4.11. The van der Waals surface area contributed by atoms with Gasteiger partial charge < -0.3 is 24.5 Å². The van der Waals surface area contributed by atoms with E-state index in [1.54, 1.807) is 36.4 Å². The second-order valence-corrected chi connectivity index (χ2v) is 10.1. The Balaban J connectivity index is 1.49. The topological polar surface area (TPSA) is 157 Å². The van der Waals surface area contributed by atoms with Crippen LogP contribution in [0.15, 0.2) is 45.8 Å². The third kappa shape index (κ3) is 6.97. The van der Waals surface area contributed by atoms with Gasteiger partial charge in [0.25, 0.3) is 11.8 Å². The van der Waals surface area contributed by atoms with E-state index in [0.29, 0.717) is 49.1 Å². The zero-order valence-corrected chi connectivity index (χ0v) is 23.6. The van der Waals surface area contributed by atoms with Crippen molar-refractivity contribution in [3.8, 4) is 6.19 Å². The zero-order valence-electron chi connectivity index (χ0n) is 22.1. The fourth-order valence-electron chi connectivity index (χ4n) is 4.52. The molecule has 1 aromatic heterocycles. The number of para-hydroxylation sites is 1. The van der Waals surface area contributed by atoms with Gasteiger partial charge in [-0.15, -0.1) is 0 Å². The number of furan rings is 1. The minimum absolute atomic E-state index is 0.0170. The Morgan fingerprint density at radius 2 is 2.05 bits per heavy atom. The SMILES string of the molecule is COCCCC(=NC[C@H](NC(=O)c1c(Cl)cc2c(c1Cl)CCN(C(=O)c1cc3ccccc3o1)C2)C(=O)O)NC#N. The van der Waals surface area contributed by atoms with Gasteiger partial charge in [-0.3, -0.25) is 19.9 Å². The zero-order chi connectivity index (χ0) is 29.5. The van der Waals surface area contributed by atoms with Crippen LogP contribution < -0.4 is 10.6 Å². The number of methoxy groups -OCH3 is 1. The molecule has 0 bridgehead atoms. The van der Waals surface area contributed by atoms with Gasteiger partial charge in [-0.05, 0) is 42.2 Å². The molecule has 0 aliphatic carbocycles. The first-order valence-corrected chi connectivity index (χ1v) is 13.5. The van der Waals surface area contributed by atoms with Crippen molar-refractivity contribution < 1.29 is 28.6 Å². The van der Waals surface area contributed by atoms with Crippen LogP contribution in [0.2, 0.25) is 10.0 Å². The van der Waals surface area contributed by atoms with Crippen LogP contribution in [0.5, 0.6) is 0 Å². The molecule has 1 aliphatic heterocycles. The van der Waals surface area contributed by atoms with Crippen LogP contribution in [0, 0.1) is 11.5 Å². The Labute approximate surface area is 245 Å². The first-order valence-electron chi connectivity index (χ1n) is 12.7. The van der Waals surface area contributed by atoms with E-state index in [-0.39, 0.29) is 46.2 Å². The van der Waals surface area contributed by atoms with E-state index in [1.165, 1.54) is 0 Å². The smallest absolute Gasteiger partial charge is 0.328 e. The number of aliphatic carboxylic acids is 1. The average molecular weight is 600 g/mol. The van der Waals surface area contributed by atoms with Gasteiger partial charge in [0.1, 0.15) is 17.5 Å². The maximum atomic E-state index is 13.2. The first kappa shape index (κ1) is 29.9. The number of fused-ring (bicyclic) bond motifs is 2. The number of carboxylic acid groups (broad SMARTS) is 1. The van der Waals surface area contributed by atoms with E-state index in [4.69, 9.17) is 37.6 Å². The summed E-state index contributed by atoms with van der Waals surface area (Å²) in [5.41, 5.74) is 1.88. The van der Waals surface area contributed by atoms with E-state index < -0.39 is 17.9 Å². The third-order valence-corrected chi connectivity index (χ3v) is 7.30. The van der Waals surface area contributed by atoms with Crippen LogP contribution in [-0.4, -0.2) is 66.5 Å². The molecule has 0 saturated heterocycles. The van der Waals surface area contributed by atoms with Gasteiger partial charge in [0.2, 0.25) is 0 Å². The molecule has 2 amide bonds. The van der Waals surface area contributed by atoms with Gasteiger partial charge in [0, 0.05) is 38.6 Å². The lowest BCUT2D eigenvalue weighted by Crippen LogP contribution is -2.43. The molecule has 0 unspecified atom stereocenters. The summed E-state index contributed by atoms with van der Waals surface area (Å²) in [7, 11) is 1.54. The number of benzene rings is 2. The summed E-state index contributed by atoms with van der Waals surface area (Å²) >= 11 is 13.1. The third-order valence-electron chi connectivity index (χ3n) is 6.59. The molecule has 2 heterocycles. The second kappa shape index (κ2) is 13.5. The van der Waals surface area contributed by atoms with Crippen molar-refractivity contribution >= 4 is 57.8 Å². The minimum Gasteiger partial charge on any atom is -0.480 e. The van der Waals surface area contributed by atoms with Crippen molar-refractivity contribution in [3.05, 3.63) is 68.9 Å². The predicted molar refractivity (Wildman–Crippen MR) is 152 cm³/mol. The number of ether oxygens (including phenoxy) is 1. The molecule has 3 aromatic rings. The van der Waals surface area contributed by atoms with Crippen molar-refractivity contribution in [3.63, 3.8) is 0 Å².